The first-order valence-electron chi connectivity index (χ1n) is 6.05. The van der Waals surface area contributed by atoms with E-state index in [1.165, 1.54) is 25.0 Å². The van der Waals surface area contributed by atoms with E-state index < -0.39 is 0 Å². The van der Waals surface area contributed by atoms with Gasteiger partial charge >= 0.3 is 0 Å². The zero-order chi connectivity index (χ0) is 11.6. The van der Waals surface area contributed by atoms with Gasteiger partial charge in [-0.1, -0.05) is 27.7 Å². The summed E-state index contributed by atoms with van der Waals surface area (Å²) in [5, 5.41) is 6.52. The van der Waals surface area contributed by atoms with Gasteiger partial charge in [-0.05, 0) is 36.5 Å². The number of hydrazone groups is 1. The van der Waals surface area contributed by atoms with Gasteiger partial charge in [-0.2, -0.15) is 5.10 Å². The van der Waals surface area contributed by atoms with Crippen LogP contribution in [0.5, 0.6) is 0 Å². The predicted octanol–water partition coefficient (Wildman–Crippen LogP) is 3.39. The Labute approximate surface area is 94.7 Å². The highest BCUT2D eigenvalue weighted by Gasteiger charge is 2.31. The summed E-state index contributed by atoms with van der Waals surface area (Å²) >= 11 is 0. The fraction of sp³-hybridized carbons (Fsp3) is 0.923. The maximum Gasteiger partial charge on any atom is 0.0408 e. The first-order valence-corrected chi connectivity index (χ1v) is 6.05. The summed E-state index contributed by atoms with van der Waals surface area (Å²) in [5.41, 5.74) is 1.85. The zero-order valence-corrected chi connectivity index (χ0v) is 11.2. The van der Waals surface area contributed by atoms with Crippen LogP contribution in [0.25, 0.3) is 0 Å². The van der Waals surface area contributed by atoms with Crippen LogP contribution in [0.15, 0.2) is 5.10 Å². The van der Waals surface area contributed by atoms with Gasteiger partial charge in [-0.25, -0.2) is 0 Å². The molecule has 2 unspecified atom stereocenters. The molecule has 15 heavy (non-hydrogen) atoms. The summed E-state index contributed by atoms with van der Waals surface area (Å²) in [7, 11) is 4.02. The van der Waals surface area contributed by atoms with Gasteiger partial charge in [0.2, 0.25) is 0 Å². The van der Waals surface area contributed by atoms with Crippen molar-refractivity contribution in [2.75, 3.05) is 14.1 Å². The largest absolute Gasteiger partial charge is 0.303 e. The average Bonchev–Trinajstić information content (AvgIpc) is 2.05. The van der Waals surface area contributed by atoms with E-state index >= 15 is 0 Å². The minimum absolute atomic E-state index is 0.456. The maximum absolute atomic E-state index is 4.58. The van der Waals surface area contributed by atoms with Gasteiger partial charge in [0.25, 0.3) is 0 Å². The van der Waals surface area contributed by atoms with Crippen molar-refractivity contribution in [1.29, 1.82) is 0 Å². The summed E-state index contributed by atoms with van der Waals surface area (Å²) in [6.45, 7) is 9.40. The molecule has 0 saturated heterocycles. The fourth-order valence-corrected chi connectivity index (χ4v) is 2.44. The molecule has 2 atom stereocenters. The van der Waals surface area contributed by atoms with Gasteiger partial charge in [0, 0.05) is 19.8 Å². The third-order valence-corrected chi connectivity index (χ3v) is 3.51. The Hall–Kier alpha value is -0.530. The van der Waals surface area contributed by atoms with Gasteiger partial charge in [0.15, 0.2) is 0 Å². The molecule has 1 aliphatic rings. The first-order chi connectivity index (χ1) is 6.80. The summed E-state index contributed by atoms with van der Waals surface area (Å²) in [4.78, 5) is 0. The van der Waals surface area contributed by atoms with Crippen LogP contribution < -0.4 is 0 Å². The predicted molar refractivity (Wildman–Crippen MR) is 67.1 cm³/mol. The number of hydrogen-bond donors (Lipinski definition) is 0. The minimum Gasteiger partial charge on any atom is -0.303 e. The normalized spacial score (nSPS) is 30.7. The highest BCUT2D eigenvalue weighted by Crippen LogP contribution is 2.39. The van der Waals surface area contributed by atoms with E-state index in [0.29, 0.717) is 11.3 Å². The van der Waals surface area contributed by atoms with Crippen molar-refractivity contribution in [1.82, 2.24) is 5.01 Å². The van der Waals surface area contributed by atoms with Crippen molar-refractivity contribution < 1.29 is 0 Å². The van der Waals surface area contributed by atoms with Crippen molar-refractivity contribution in [3.63, 3.8) is 0 Å². The molecule has 2 heteroatoms. The van der Waals surface area contributed by atoms with Crippen molar-refractivity contribution in [2.45, 2.75) is 47.0 Å². The van der Waals surface area contributed by atoms with Gasteiger partial charge < -0.3 is 5.01 Å². The van der Waals surface area contributed by atoms with Crippen LogP contribution in [-0.2, 0) is 0 Å². The summed E-state index contributed by atoms with van der Waals surface area (Å²) < 4.78 is 0. The van der Waals surface area contributed by atoms with Crippen molar-refractivity contribution in [3.8, 4) is 0 Å². The summed E-state index contributed by atoms with van der Waals surface area (Å²) in [6, 6.07) is 0. The Kier molecular flexibility index (Phi) is 3.80. The van der Waals surface area contributed by atoms with Crippen molar-refractivity contribution >= 4 is 5.71 Å². The van der Waals surface area contributed by atoms with Crippen molar-refractivity contribution in [2.24, 2.45) is 22.4 Å². The lowest BCUT2D eigenvalue weighted by atomic mass is 9.69. The van der Waals surface area contributed by atoms with Crippen LogP contribution >= 0.6 is 0 Å². The highest BCUT2D eigenvalue weighted by molar-refractivity contribution is 5.87. The Morgan fingerprint density at radius 3 is 2.27 bits per heavy atom. The topological polar surface area (TPSA) is 15.6 Å². The molecule has 0 radical (unpaired) electrons. The van der Waals surface area contributed by atoms with Crippen LogP contribution in [0.2, 0.25) is 0 Å². The second-order valence-corrected chi connectivity index (χ2v) is 6.18. The van der Waals surface area contributed by atoms with Crippen LogP contribution in [0.4, 0.5) is 0 Å². The van der Waals surface area contributed by atoms with E-state index in [1.54, 1.807) is 0 Å². The molecule has 0 N–H and O–H groups in total. The SMILES string of the molecule is CC1CC(C(C)(C)C)CC/C1=N\N(C)C. The number of rotatable bonds is 1. The molecule has 88 valence electrons. The summed E-state index contributed by atoms with van der Waals surface area (Å²) in [5.74, 6) is 1.51. The lowest BCUT2D eigenvalue weighted by Gasteiger charge is -2.37. The van der Waals surface area contributed by atoms with Crippen LogP contribution in [-0.4, -0.2) is 24.8 Å². The van der Waals surface area contributed by atoms with E-state index in [4.69, 9.17) is 0 Å². The molecule has 0 aromatic rings. The maximum atomic E-state index is 4.58. The van der Waals surface area contributed by atoms with Crippen LogP contribution in [0.3, 0.4) is 0 Å². The number of hydrogen-bond acceptors (Lipinski definition) is 2. The molecule has 1 rings (SSSR count). The second-order valence-electron chi connectivity index (χ2n) is 6.18. The van der Waals surface area contributed by atoms with E-state index in [9.17, 15) is 0 Å². The second kappa shape index (κ2) is 4.54. The molecule has 0 aromatic heterocycles. The number of nitrogens with zero attached hydrogens (tertiary/aromatic N) is 2. The van der Waals surface area contributed by atoms with Gasteiger partial charge in [-0.3, -0.25) is 0 Å². The molecule has 0 amide bonds. The standard InChI is InChI=1S/C13H26N2/c1-10-9-11(13(2,3)4)7-8-12(10)14-15(5)6/h10-11H,7-9H2,1-6H3/b14-12+. The van der Waals surface area contributed by atoms with Gasteiger partial charge in [0.1, 0.15) is 0 Å². The molecule has 0 heterocycles. The molecular formula is C13H26N2. The molecular weight excluding hydrogens is 184 g/mol. The molecule has 0 aliphatic heterocycles. The van der Waals surface area contributed by atoms with Crippen molar-refractivity contribution in [3.05, 3.63) is 0 Å². The lowest BCUT2D eigenvalue weighted by molar-refractivity contribution is 0.189. The molecule has 0 aromatic carbocycles. The fourth-order valence-electron chi connectivity index (χ4n) is 2.44. The van der Waals surface area contributed by atoms with E-state index in [1.807, 2.05) is 19.1 Å². The third-order valence-electron chi connectivity index (χ3n) is 3.51. The lowest BCUT2D eigenvalue weighted by Crippen LogP contribution is -2.31. The average molecular weight is 210 g/mol. The summed E-state index contributed by atoms with van der Waals surface area (Å²) in [6.07, 6.45) is 3.79. The van der Waals surface area contributed by atoms with E-state index in [-0.39, 0.29) is 0 Å². The van der Waals surface area contributed by atoms with Gasteiger partial charge in [0.05, 0.1) is 0 Å². The molecule has 1 fully saturated rings. The quantitative estimate of drug-likeness (QED) is 0.606. The molecule has 1 saturated carbocycles. The smallest absolute Gasteiger partial charge is 0.0408 e. The molecule has 0 spiro atoms. The minimum atomic E-state index is 0.456. The Morgan fingerprint density at radius 2 is 1.87 bits per heavy atom. The monoisotopic (exact) mass is 210 g/mol. The van der Waals surface area contributed by atoms with Crippen LogP contribution in [0.1, 0.15) is 47.0 Å². The Balaban J connectivity index is 2.63. The van der Waals surface area contributed by atoms with E-state index in [2.05, 4.69) is 32.8 Å². The first kappa shape index (κ1) is 12.5. The van der Waals surface area contributed by atoms with E-state index in [0.717, 1.165) is 5.92 Å². The Morgan fingerprint density at radius 1 is 1.27 bits per heavy atom. The van der Waals surface area contributed by atoms with Crippen LogP contribution in [0, 0.1) is 17.3 Å². The molecule has 1 aliphatic carbocycles. The highest BCUT2D eigenvalue weighted by atomic mass is 15.4. The zero-order valence-electron chi connectivity index (χ0n) is 11.2. The molecule has 0 bridgehead atoms. The van der Waals surface area contributed by atoms with Gasteiger partial charge in [-0.15, -0.1) is 0 Å². The Bertz CT molecular complexity index is 235. The molecule has 2 nitrogen and oxygen atoms in total. The third kappa shape index (κ3) is 3.51.